The number of amides is 1. The van der Waals surface area contributed by atoms with Gasteiger partial charge in [-0.15, -0.1) is 0 Å². The van der Waals surface area contributed by atoms with Gasteiger partial charge in [0.2, 0.25) is 5.91 Å². The number of benzene rings is 1. The Bertz CT molecular complexity index is 438. The molecule has 0 heterocycles. The molecule has 0 aliphatic heterocycles. The summed E-state index contributed by atoms with van der Waals surface area (Å²) in [7, 11) is 0. The molecular weight excluding hydrogens is 252 g/mol. The fourth-order valence-corrected chi connectivity index (χ4v) is 1.87. The number of rotatable bonds is 6. The zero-order valence-corrected chi connectivity index (χ0v) is 13.1. The van der Waals surface area contributed by atoms with Crippen LogP contribution in [0.1, 0.15) is 46.2 Å². The second-order valence-electron chi connectivity index (χ2n) is 5.82. The van der Waals surface area contributed by atoms with Gasteiger partial charge < -0.3 is 15.4 Å². The van der Waals surface area contributed by atoms with Gasteiger partial charge >= 0.3 is 0 Å². The number of hydrogen-bond donors (Lipinski definition) is 2. The third-order valence-electron chi connectivity index (χ3n) is 2.85. The summed E-state index contributed by atoms with van der Waals surface area (Å²) in [6.07, 6.45) is 0. The van der Waals surface area contributed by atoms with Crippen molar-refractivity contribution >= 4 is 11.6 Å². The van der Waals surface area contributed by atoms with Gasteiger partial charge in [0.15, 0.2) is 0 Å². The number of para-hydroxylation sites is 1. The van der Waals surface area contributed by atoms with Crippen LogP contribution in [0.3, 0.4) is 0 Å². The highest BCUT2D eigenvalue weighted by Crippen LogP contribution is 2.22. The predicted octanol–water partition coefficient (Wildman–Crippen LogP) is 3.11. The number of ether oxygens (including phenoxy) is 1. The van der Waals surface area contributed by atoms with Gasteiger partial charge in [-0.1, -0.05) is 25.1 Å². The zero-order valence-electron chi connectivity index (χ0n) is 13.1. The molecule has 0 fully saturated rings. The van der Waals surface area contributed by atoms with E-state index in [1.165, 1.54) is 0 Å². The summed E-state index contributed by atoms with van der Waals surface area (Å²) in [5, 5.41) is 6.27. The van der Waals surface area contributed by atoms with Crippen LogP contribution in [-0.2, 0) is 9.53 Å². The molecule has 4 nitrogen and oxygen atoms in total. The van der Waals surface area contributed by atoms with E-state index in [4.69, 9.17) is 4.74 Å². The van der Waals surface area contributed by atoms with E-state index in [1.807, 2.05) is 45.0 Å². The van der Waals surface area contributed by atoms with Crippen molar-refractivity contribution in [1.82, 2.24) is 5.32 Å². The molecule has 0 aliphatic rings. The van der Waals surface area contributed by atoms with Crippen molar-refractivity contribution in [3.05, 3.63) is 29.8 Å². The van der Waals surface area contributed by atoms with E-state index < -0.39 is 0 Å². The van der Waals surface area contributed by atoms with Gasteiger partial charge in [-0.05, 0) is 45.9 Å². The number of carbonyl (C=O) groups excluding carboxylic acids is 1. The Morgan fingerprint density at radius 1 is 1.30 bits per heavy atom. The molecule has 0 aromatic heterocycles. The summed E-state index contributed by atoms with van der Waals surface area (Å²) < 4.78 is 5.48. The van der Waals surface area contributed by atoms with E-state index in [2.05, 4.69) is 24.5 Å². The van der Waals surface area contributed by atoms with Crippen molar-refractivity contribution in [3.8, 4) is 0 Å². The monoisotopic (exact) mass is 278 g/mol. The lowest BCUT2D eigenvalue weighted by molar-refractivity contribution is -0.125. The molecule has 112 valence electrons. The first-order chi connectivity index (χ1) is 9.33. The molecule has 1 amide bonds. The van der Waals surface area contributed by atoms with E-state index in [-0.39, 0.29) is 24.2 Å². The Morgan fingerprint density at radius 2 is 1.95 bits per heavy atom. The van der Waals surface area contributed by atoms with Crippen LogP contribution in [0.15, 0.2) is 24.3 Å². The highest BCUT2D eigenvalue weighted by Gasteiger charge is 2.15. The molecule has 1 unspecified atom stereocenters. The van der Waals surface area contributed by atoms with Gasteiger partial charge in [-0.3, -0.25) is 4.79 Å². The lowest BCUT2D eigenvalue weighted by Crippen LogP contribution is -2.28. The maximum Gasteiger partial charge on any atom is 0.250 e. The molecule has 20 heavy (non-hydrogen) atoms. The fourth-order valence-electron chi connectivity index (χ4n) is 1.87. The van der Waals surface area contributed by atoms with Crippen LogP contribution >= 0.6 is 0 Å². The van der Waals surface area contributed by atoms with E-state index in [0.717, 1.165) is 17.8 Å². The van der Waals surface area contributed by atoms with Crippen LogP contribution in [0.4, 0.5) is 5.69 Å². The molecule has 1 atom stereocenters. The quantitative estimate of drug-likeness (QED) is 0.840. The topological polar surface area (TPSA) is 50.4 Å². The third-order valence-corrected chi connectivity index (χ3v) is 2.85. The molecule has 0 spiro atoms. The Morgan fingerprint density at radius 3 is 2.55 bits per heavy atom. The number of nitrogens with one attached hydrogen (secondary N) is 2. The standard InChI is InChI=1S/C16H26N2O2/c1-6-17-12(2)13-9-7-8-10-14(13)18-15(19)11-20-16(3,4)5/h7-10,12,17H,6,11H2,1-5H3,(H,18,19). The summed E-state index contributed by atoms with van der Waals surface area (Å²) in [6.45, 7) is 10.9. The predicted molar refractivity (Wildman–Crippen MR) is 82.9 cm³/mol. The maximum atomic E-state index is 11.9. The van der Waals surface area contributed by atoms with Crippen molar-refractivity contribution in [3.63, 3.8) is 0 Å². The Balaban J connectivity index is 2.70. The second-order valence-corrected chi connectivity index (χ2v) is 5.82. The lowest BCUT2D eigenvalue weighted by atomic mass is 10.1. The molecule has 0 bridgehead atoms. The minimum Gasteiger partial charge on any atom is -0.366 e. The summed E-state index contributed by atoms with van der Waals surface area (Å²) in [5.74, 6) is -0.129. The van der Waals surface area contributed by atoms with Gasteiger partial charge in [0, 0.05) is 11.7 Å². The summed E-state index contributed by atoms with van der Waals surface area (Å²) in [5.41, 5.74) is 1.61. The first-order valence-corrected chi connectivity index (χ1v) is 7.09. The van der Waals surface area contributed by atoms with E-state index in [0.29, 0.717) is 0 Å². The normalized spacial score (nSPS) is 13.1. The number of anilines is 1. The van der Waals surface area contributed by atoms with Crippen molar-refractivity contribution in [2.75, 3.05) is 18.5 Å². The molecule has 1 aromatic rings. The second kappa shape index (κ2) is 7.41. The molecule has 4 heteroatoms. The summed E-state index contributed by atoms with van der Waals surface area (Å²) in [6, 6.07) is 8.03. The van der Waals surface area contributed by atoms with Crippen molar-refractivity contribution in [2.24, 2.45) is 0 Å². The summed E-state index contributed by atoms with van der Waals surface area (Å²) >= 11 is 0. The lowest BCUT2D eigenvalue weighted by Gasteiger charge is -2.20. The van der Waals surface area contributed by atoms with Crippen LogP contribution < -0.4 is 10.6 Å². The number of hydrogen-bond acceptors (Lipinski definition) is 3. The van der Waals surface area contributed by atoms with Gasteiger partial charge in [0.25, 0.3) is 0 Å². The highest BCUT2D eigenvalue weighted by molar-refractivity contribution is 5.92. The minimum absolute atomic E-state index is 0.0629. The fraction of sp³-hybridized carbons (Fsp3) is 0.562. The molecule has 0 radical (unpaired) electrons. The van der Waals surface area contributed by atoms with Crippen LogP contribution in [0, 0.1) is 0 Å². The molecule has 1 rings (SSSR count). The van der Waals surface area contributed by atoms with E-state index >= 15 is 0 Å². The van der Waals surface area contributed by atoms with Gasteiger partial charge in [0.05, 0.1) is 5.60 Å². The van der Waals surface area contributed by atoms with Crippen LogP contribution in [0.2, 0.25) is 0 Å². The van der Waals surface area contributed by atoms with Gasteiger partial charge in [0.1, 0.15) is 6.61 Å². The van der Waals surface area contributed by atoms with Crippen molar-refractivity contribution in [1.29, 1.82) is 0 Å². The molecule has 2 N–H and O–H groups in total. The smallest absolute Gasteiger partial charge is 0.250 e. The highest BCUT2D eigenvalue weighted by atomic mass is 16.5. The number of carbonyl (C=O) groups is 1. The van der Waals surface area contributed by atoms with E-state index in [1.54, 1.807) is 0 Å². The largest absolute Gasteiger partial charge is 0.366 e. The van der Waals surface area contributed by atoms with E-state index in [9.17, 15) is 4.79 Å². The first-order valence-electron chi connectivity index (χ1n) is 7.09. The molecule has 1 aromatic carbocycles. The molecule has 0 saturated heterocycles. The Hall–Kier alpha value is -1.39. The summed E-state index contributed by atoms with van der Waals surface area (Å²) in [4.78, 5) is 11.9. The van der Waals surface area contributed by atoms with Gasteiger partial charge in [-0.25, -0.2) is 0 Å². The Kier molecular flexibility index (Phi) is 6.17. The molecule has 0 aliphatic carbocycles. The van der Waals surface area contributed by atoms with Crippen LogP contribution in [0.25, 0.3) is 0 Å². The SMILES string of the molecule is CCNC(C)c1ccccc1NC(=O)COC(C)(C)C. The minimum atomic E-state index is -0.312. The maximum absolute atomic E-state index is 11.9. The molecular formula is C16H26N2O2. The third kappa shape index (κ3) is 5.72. The zero-order chi connectivity index (χ0) is 15.2. The first kappa shape index (κ1) is 16.7. The van der Waals surface area contributed by atoms with Gasteiger partial charge in [-0.2, -0.15) is 0 Å². The average Bonchev–Trinajstić information content (AvgIpc) is 2.36. The van der Waals surface area contributed by atoms with Crippen LogP contribution in [-0.4, -0.2) is 24.7 Å². The van der Waals surface area contributed by atoms with Crippen LogP contribution in [0.5, 0.6) is 0 Å². The van der Waals surface area contributed by atoms with Crippen molar-refractivity contribution < 1.29 is 9.53 Å². The van der Waals surface area contributed by atoms with Crippen molar-refractivity contribution in [2.45, 2.75) is 46.3 Å². The molecule has 0 saturated carbocycles. The Labute approximate surface area is 121 Å². The average molecular weight is 278 g/mol.